The molecule has 0 radical (unpaired) electrons. The lowest BCUT2D eigenvalue weighted by atomic mass is 10.1. The highest BCUT2D eigenvalue weighted by molar-refractivity contribution is 5.39. The van der Waals surface area contributed by atoms with E-state index in [1.54, 1.807) is 0 Å². The Kier molecular flexibility index (Phi) is 5.02. The van der Waals surface area contributed by atoms with Crippen molar-refractivity contribution < 1.29 is 4.74 Å². The van der Waals surface area contributed by atoms with Gasteiger partial charge in [-0.3, -0.25) is 0 Å². The van der Waals surface area contributed by atoms with Crippen LogP contribution in [-0.2, 0) is 12.8 Å². The summed E-state index contributed by atoms with van der Waals surface area (Å²) in [5, 5.41) is 3.49. The fraction of sp³-hybridized carbons (Fsp3) is 0.600. The van der Waals surface area contributed by atoms with Crippen molar-refractivity contribution in [1.82, 2.24) is 5.32 Å². The first-order valence-electron chi connectivity index (χ1n) is 6.99. The lowest BCUT2D eigenvalue weighted by Crippen LogP contribution is -2.29. The molecule has 1 heterocycles. The molecule has 3 N–H and O–H groups in total. The van der Waals surface area contributed by atoms with E-state index in [4.69, 9.17) is 10.5 Å². The number of fused-ring (bicyclic) bond motifs is 1. The van der Waals surface area contributed by atoms with E-state index in [1.165, 1.54) is 11.1 Å². The topological polar surface area (TPSA) is 47.3 Å². The number of ether oxygens (including phenoxy) is 1. The van der Waals surface area contributed by atoms with Crippen LogP contribution in [0.5, 0.6) is 5.75 Å². The van der Waals surface area contributed by atoms with Gasteiger partial charge in [-0.05, 0) is 49.2 Å². The average Bonchev–Trinajstić information content (AvgIpc) is 2.86. The van der Waals surface area contributed by atoms with Crippen LogP contribution in [0.1, 0.15) is 24.5 Å². The highest BCUT2D eigenvalue weighted by Gasteiger charge is 2.11. The zero-order valence-electron chi connectivity index (χ0n) is 11.2. The van der Waals surface area contributed by atoms with E-state index < -0.39 is 0 Å². The van der Waals surface area contributed by atoms with Crippen LogP contribution in [0, 0.1) is 5.92 Å². The minimum Gasteiger partial charge on any atom is -0.493 e. The van der Waals surface area contributed by atoms with Crippen molar-refractivity contribution in [3.05, 3.63) is 29.3 Å². The highest BCUT2D eigenvalue weighted by atomic mass is 16.5. The maximum atomic E-state index is 5.68. The van der Waals surface area contributed by atoms with Gasteiger partial charge in [-0.1, -0.05) is 25.5 Å². The van der Waals surface area contributed by atoms with Crippen LogP contribution in [0.15, 0.2) is 18.2 Å². The second-order valence-electron chi connectivity index (χ2n) is 5.00. The number of hydrogen-bond donors (Lipinski definition) is 2. The van der Waals surface area contributed by atoms with Crippen LogP contribution in [0.4, 0.5) is 0 Å². The molecule has 1 atom stereocenters. The second kappa shape index (κ2) is 6.76. The van der Waals surface area contributed by atoms with Crippen LogP contribution < -0.4 is 15.8 Å². The van der Waals surface area contributed by atoms with Gasteiger partial charge in [-0.15, -0.1) is 0 Å². The molecule has 0 aliphatic carbocycles. The molecule has 0 saturated carbocycles. The Morgan fingerprint density at radius 2 is 2.33 bits per heavy atom. The summed E-state index contributed by atoms with van der Waals surface area (Å²) < 4.78 is 5.51. The first kappa shape index (κ1) is 13.4. The molecule has 0 amide bonds. The van der Waals surface area contributed by atoms with Gasteiger partial charge in [0.05, 0.1) is 6.61 Å². The monoisotopic (exact) mass is 248 g/mol. The normalized spacial score (nSPS) is 15.2. The van der Waals surface area contributed by atoms with Gasteiger partial charge in [0.2, 0.25) is 0 Å². The van der Waals surface area contributed by atoms with E-state index in [9.17, 15) is 0 Å². The molecular formula is C15H24N2O. The minimum atomic E-state index is 0.610. The van der Waals surface area contributed by atoms with Crippen molar-refractivity contribution in [3.63, 3.8) is 0 Å². The summed E-state index contributed by atoms with van der Waals surface area (Å²) in [6.07, 6.45) is 3.29. The molecule has 0 bridgehead atoms. The van der Waals surface area contributed by atoms with Crippen molar-refractivity contribution in [2.75, 3.05) is 26.2 Å². The Bertz CT molecular complexity index is 375. The van der Waals surface area contributed by atoms with Crippen molar-refractivity contribution in [3.8, 4) is 5.75 Å². The Morgan fingerprint density at radius 1 is 1.44 bits per heavy atom. The lowest BCUT2D eigenvalue weighted by Gasteiger charge is -2.13. The third-order valence-electron chi connectivity index (χ3n) is 3.69. The Hall–Kier alpha value is -1.06. The van der Waals surface area contributed by atoms with Crippen LogP contribution in [-0.4, -0.2) is 26.2 Å². The third kappa shape index (κ3) is 3.47. The molecule has 100 valence electrons. The highest BCUT2D eigenvalue weighted by Crippen LogP contribution is 2.25. The molecule has 2 rings (SSSR count). The van der Waals surface area contributed by atoms with Gasteiger partial charge in [0, 0.05) is 6.42 Å². The van der Waals surface area contributed by atoms with Gasteiger partial charge in [0.1, 0.15) is 5.75 Å². The summed E-state index contributed by atoms with van der Waals surface area (Å²) in [6, 6.07) is 6.56. The largest absolute Gasteiger partial charge is 0.493 e. The van der Waals surface area contributed by atoms with Crippen molar-refractivity contribution in [2.24, 2.45) is 11.7 Å². The Labute approximate surface area is 110 Å². The predicted molar refractivity (Wildman–Crippen MR) is 75.1 cm³/mol. The Morgan fingerprint density at radius 3 is 3.11 bits per heavy atom. The first-order valence-corrected chi connectivity index (χ1v) is 6.99. The average molecular weight is 248 g/mol. The van der Waals surface area contributed by atoms with Gasteiger partial charge in [0.25, 0.3) is 0 Å². The van der Waals surface area contributed by atoms with Crippen LogP contribution in [0.3, 0.4) is 0 Å². The first-order chi connectivity index (χ1) is 8.83. The molecular weight excluding hydrogens is 224 g/mol. The predicted octanol–water partition coefficient (Wildman–Crippen LogP) is 1.74. The van der Waals surface area contributed by atoms with Gasteiger partial charge < -0.3 is 15.8 Å². The summed E-state index contributed by atoms with van der Waals surface area (Å²) in [6.45, 7) is 5.86. The van der Waals surface area contributed by atoms with Gasteiger partial charge in [0.15, 0.2) is 0 Å². The van der Waals surface area contributed by atoms with E-state index in [-0.39, 0.29) is 0 Å². The molecule has 18 heavy (non-hydrogen) atoms. The molecule has 1 unspecified atom stereocenters. The Balaban J connectivity index is 1.74. The third-order valence-corrected chi connectivity index (χ3v) is 3.69. The number of nitrogens with two attached hydrogens (primary N) is 1. The molecule has 1 aromatic carbocycles. The summed E-state index contributed by atoms with van der Waals surface area (Å²) in [5.74, 6) is 1.68. The maximum Gasteiger partial charge on any atom is 0.122 e. The van der Waals surface area contributed by atoms with Crippen molar-refractivity contribution in [2.45, 2.75) is 26.2 Å². The number of rotatable bonds is 7. The standard InChI is InChI=1S/C15H24N2O/c1-2-12(10-16)11-17-7-5-13-3-4-15-14(9-13)6-8-18-15/h3-4,9,12,17H,2,5-8,10-11,16H2,1H3. The smallest absolute Gasteiger partial charge is 0.122 e. The number of benzene rings is 1. The molecule has 1 aromatic rings. The van der Waals surface area contributed by atoms with Crippen molar-refractivity contribution in [1.29, 1.82) is 0 Å². The quantitative estimate of drug-likeness (QED) is 0.723. The van der Waals surface area contributed by atoms with Crippen LogP contribution in [0.25, 0.3) is 0 Å². The summed E-state index contributed by atoms with van der Waals surface area (Å²) in [4.78, 5) is 0. The molecule has 0 saturated heterocycles. The van der Waals surface area contributed by atoms with Crippen LogP contribution in [0.2, 0.25) is 0 Å². The zero-order valence-corrected chi connectivity index (χ0v) is 11.2. The van der Waals surface area contributed by atoms with Crippen LogP contribution >= 0.6 is 0 Å². The van der Waals surface area contributed by atoms with E-state index in [0.29, 0.717) is 5.92 Å². The van der Waals surface area contributed by atoms with E-state index >= 15 is 0 Å². The molecule has 3 nitrogen and oxygen atoms in total. The molecule has 0 spiro atoms. The summed E-state index contributed by atoms with van der Waals surface area (Å²) in [7, 11) is 0. The fourth-order valence-corrected chi connectivity index (χ4v) is 2.33. The van der Waals surface area contributed by atoms with Gasteiger partial charge in [-0.25, -0.2) is 0 Å². The summed E-state index contributed by atoms with van der Waals surface area (Å²) in [5.41, 5.74) is 8.44. The molecule has 1 aliphatic rings. The SMILES string of the molecule is CCC(CN)CNCCc1ccc2c(c1)CCO2. The lowest BCUT2D eigenvalue weighted by molar-refractivity contribution is 0.357. The minimum absolute atomic E-state index is 0.610. The van der Waals surface area contributed by atoms with E-state index in [1.807, 2.05) is 0 Å². The maximum absolute atomic E-state index is 5.68. The number of hydrogen-bond acceptors (Lipinski definition) is 3. The van der Waals surface area contributed by atoms with Crippen molar-refractivity contribution >= 4 is 0 Å². The van der Waals surface area contributed by atoms with E-state index in [0.717, 1.165) is 51.3 Å². The second-order valence-corrected chi connectivity index (χ2v) is 5.00. The number of nitrogens with one attached hydrogen (secondary N) is 1. The van der Waals surface area contributed by atoms with Gasteiger partial charge >= 0.3 is 0 Å². The molecule has 0 aromatic heterocycles. The summed E-state index contributed by atoms with van der Waals surface area (Å²) >= 11 is 0. The molecule has 0 fully saturated rings. The zero-order chi connectivity index (χ0) is 12.8. The molecule has 3 heteroatoms. The van der Waals surface area contributed by atoms with E-state index in [2.05, 4.69) is 30.4 Å². The molecule has 1 aliphatic heterocycles. The fourth-order valence-electron chi connectivity index (χ4n) is 2.33. The van der Waals surface area contributed by atoms with Gasteiger partial charge in [-0.2, -0.15) is 0 Å².